The van der Waals surface area contributed by atoms with E-state index >= 15 is 0 Å². The second kappa shape index (κ2) is 14.4. The lowest BCUT2D eigenvalue weighted by atomic mass is 9.32. The molecule has 6 aliphatic rings. The molecule has 0 bridgehead atoms. The van der Waals surface area contributed by atoms with E-state index in [9.17, 15) is 29.4 Å². The van der Waals surface area contributed by atoms with Gasteiger partial charge in [0, 0.05) is 5.41 Å². The highest BCUT2D eigenvalue weighted by Gasteiger charge is 2.70. The SMILES string of the molecule is CC[C@@H]1CC[C@]2(CCOC(=O)CN3CCC(C(=O)O)CC3)CC[C@]3(C)[C@H](CC[C@@H]4[C@@]5(C)CC[C@H](OC(=O)CC(C)(C)C(=O)O)C(C)(C)[C@@H]5CC[C@]43C)[C@@H]12. The minimum absolute atomic E-state index is 0.115. The van der Waals surface area contributed by atoms with Crippen molar-refractivity contribution >= 4 is 23.9 Å². The molecule has 9 nitrogen and oxygen atoms in total. The molecule has 0 radical (unpaired) electrons. The smallest absolute Gasteiger partial charge is 0.320 e. The number of piperidine rings is 1. The Hall–Kier alpha value is -2.16. The van der Waals surface area contributed by atoms with Crippen LogP contribution in [0.25, 0.3) is 0 Å². The molecule has 5 saturated carbocycles. The summed E-state index contributed by atoms with van der Waals surface area (Å²) in [6.45, 7) is 20.1. The molecule has 6 rings (SSSR count). The minimum Gasteiger partial charge on any atom is -0.481 e. The van der Waals surface area contributed by atoms with Gasteiger partial charge in [0.1, 0.15) is 6.10 Å². The number of carboxylic acid groups (broad SMARTS) is 2. The fourth-order valence-corrected chi connectivity index (χ4v) is 14.5. The average Bonchev–Trinajstić information content (AvgIpc) is 3.45. The van der Waals surface area contributed by atoms with Crippen molar-refractivity contribution in [3.8, 4) is 0 Å². The van der Waals surface area contributed by atoms with Crippen molar-refractivity contribution in [1.82, 2.24) is 4.90 Å². The molecule has 0 spiro atoms. The van der Waals surface area contributed by atoms with E-state index < -0.39 is 23.3 Å². The van der Waals surface area contributed by atoms with Crippen LogP contribution in [0.2, 0.25) is 0 Å². The maximum absolute atomic E-state index is 13.1. The molecule has 1 saturated heterocycles. The van der Waals surface area contributed by atoms with Gasteiger partial charge in [-0.25, -0.2) is 0 Å². The summed E-state index contributed by atoms with van der Waals surface area (Å²) in [4.78, 5) is 51.2. The van der Waals surface area contributed by atoms with Gasteiger partial charge in [0.15, 0.2) is 0 Å². The van der Waals surface area contributed by atoms with Gasteiger partial charge in [-0.3, -0.25) is 24.1 Å². The second-order valence-electron chi connectivity index (χ2n) is 20.8. The third kappa shape index (κ3) is 6.87. The van der Waals surface area contributed by atoms with Gasteiger partial charge >= 0.3 is 23.9 Å². The van der Waals surface area contributed by atoms with Crippen molar-refractivity contribution in [2.24, 2.45) is 68.0 Å². The lowest BCUT2D eigenvalue weighted by Crippen LogP contribution is -2.66. The monoisotopic (exact) mass is 742 g/mol. The number of carbonyl (C=O) groups is 4. The summed E-state index contributed by atoms with van der Waals surface area (Å²) in [5.41, 5.74) is -0.493. The summed E-state index contributed by atoms with van der Waals surface area (Å²) in [6, 6.07) is 0. The van der Waals surface area contributed by atoms with Crippen LogP contribution < -0.4 is 0 Å². The standard InChI is InChI=1S/C44H71NO8/c1-9-28-12-19-44(22-25-52-35(47)27-45-23-15-29(16-24-45)37(48)49)21-20-42(7)30(36(28)44)10-11-32-41(6)17-14-33(53-34(46)26-39(2,3)38(50)51)40(4,5)31(41)13-18-43(32,42)8/h28-33,36H,9-27H2,1-8H3,(H,48,49)(H,50,51)/t28-,30-,31+,32-,33+,36-,41+,42-,43-,44-/m1/s1. The molecule has 0 unspecified atom stereocenters. The van der Waals surface area contributed by atoms with Crippen molar-refractivity contribution in [3.05, 3.63) is 0 Å². The van der Waals surface area contributed by atoms with Crippen LogP contribution in [0.5, 0.6) is 0 Å². The van der Waals surface area contributed by atoms with Gasteiger partial charge in [-0.05, 0) is 162 Å². The molecule has 0 aromatic rings. The van der Waals surface area contributed by atoms with E-state index in [4.69, 9.17) is 9.47 Å². The van der Waals surface area contributed by atoms with Gasteiger partial charge in [0.25, 0.3) is 0 Å². The van der Waals surface area contributed by atoms with E-state index in [1.807, 2.05) is 0 Å². The van der Waals surface area contributed by atoms with Crippen molar-refractivity contribution < 1.29 is 38.9 Å². The number of hydrogen-bond acceptors (Lipinski definition) is 7. The largest absolute Gasteiger partial charge is 0.481 e. The second-order valence-corrected chi connectivity index (χ2v) is 20.8. The van der Waals surface area contributed by atoms with Crippen LogP contribution in [0.4, 0.5) is 0 Å². The molecule has 5 aliphatic carbocycles. The maximum Gasteiger partial charge on any atom is 0.320 e. The van der Waals surface area contributed by atoms with Crippen molar-refractivity contribution in [2.45, 2.75) is 158 Å². The van der Waals surface area contributed by atoms with Gasteiger partial charge in [-0.2, -0.15) is 0 Å². The Morgan fingerprint density at radius 1 is 0.774 bits per heavy atom. The summed E-state index contributed by atoms with van der Waals surface area (Å²) < 4.78 is 12.1. The number of carbonyl (C=O) groups excluding carboxylic acids is 2. The quantitative estimate of drug-likeness (QED) is 0.200. The van der Waals surface area contributed by atoms with Crippen molar-refractivity contribution in [3.63, 3.8) is 0 Å². The van der Waals surface area contributed by atoms with Crippen molar-refractivity contribution in [1.29, 1.82) is 0 Å². The van der Waals surface area contributed by atoms with Crippen molar-refractivity contribution in [2.75, 3.05) is 26.2 Å². The molecule has 10 atom stereocenters. The van der Waals surface area contributed by atoms with Crippen LogP contribution in [0, 0.1) is 68.0 Å². The van der Waals surface area contributed by atoms with Crippen LogP contribution in [0.3, 0.4) is 0 Å². The average molecular weight is 742 g/mol. The van der Waals surface area contributed by atoms with Gasteiger partial charge in [0.2, 0.25) is 0 Å². The molecule has 300 valence electrons. The number of esters is 2. The third-order valence-electron chi connectivity index (χ3n) is 17.8. The Balaban J connectivity index is 1.13. The fourth-order valence-electron chi connectivity index (χ4n) is 14.5. The number of hydrogen-bond donors (Lipinski definition) is 2. The Kier molecular flexibility index (Phi) is 11.0. The number of likely N-dealkylation sites (tertiary alicyclic amines) is 1. The number of rotatable bonds is 11. The summed E-state index contributed by atoms with van der Waals surface area (Å²) in [5.74, 6) is 0.495. The molecular formula is C44H71NO8. The first kappa shape index (κ1) is 40.5. The normalized spacial score (nSPS) is 41.3. The van der Waals surface area contributed by atoms with Gasteiger partial charge in [0.05, 0.1) is 30.9 Å². The van der Waals surface area contributed by atoms with E-state index in [0.717, 1.165) is 25.7 Å². The topological polar surface area (TPSA) is 130 Å². The lowest BCUT2D eigenvalue weighted by Gasteiger charge is -2.73. The fraction of sp³-hybridized carbons (Fsp3) is 0.909. The predicted molar refractivity (Wildman–Crippen MR) is 203 cm³/mol. The third-order valence-corrected chi connectivity index (χ3v) is 17.8. The zero-order valence-corrected chi connectivity index (χ0v) is 34.3. The molecule has 0 amide bonds. The highest BCUT2D eigenvalue weighted by molar-refractivity contribution is 5.81. The number of ether oxygens (including phenoxy) is 2. The first-order chi connectivity index (χ1) is 24.7. The Bertz CT molecular complexity index is 1420. The highest BCUT2D eigenvalue weighted by atomic mass is 16.5. The molecule has 9 heteroatoms. The number of aliphatic carboxylic acids is 2. The van der Waals surface area contributed by atoms with E-state index in [2.05, 4.69) is 46.4 Å². The van der Waals surface area contributed by atoms with E-state index in [0.29, 0.717) is 62.1 Å². The van der Waals surface area contributed by atoms with Crippen LogP contribution >= 0.6 is 0 Å². The zero-order chi connectivity index (χ0) is 38.8. The number of nitrogens with zero attached hydrogens (tertiary/aromatic N) is 1. The molecular weight excluding hydrogens is 670 g/mol. The molecule has 2 N–H and O–H groups in total. The molecule has 0 aromatic carbocycles. The molecule has 1 heterocycles. The Morgan fingerprint density at radius 2 is 1.47 bits per heavy atom. The summed E-state index contributed by atoms with van der Waals surface area (Å²) >= 11 is 0. The summed E-state index contributed by atoms with van der Waals surface area (Å²) in [7, 11) is 0. The van der Waals surface area contributed by atoms with Crippen LogP contribution in [-0.2, 0) is 28.7 Å². The molecule has 1 aliphatic heterocycles. The lowest BCUT2D eigenvalue weighted by molar-refractivity contribution is -0.251. The predicted octanol–water partition coefficient (Wildman–Crippen LogP) is 8.62. The van der Waals surface area contributed by atoms with Crippen LogP contribution in [0.15, 0.2) is 0 Å². The minimum atomic E-state index is -1.15. The van der Waals surface area contributed by atoms with Gasteiger partial charge in [-0.15, -0.1) is 0 Å². The maximum atomic E-state index is 13.1. The van der Waals surface area contributed by atoms with Crippen LogP contribution in [-0.4, -0.2) is 71.3 Å². The number of carboxylic acids is 2. The van der Waals surface area contributed by atoms with Gasteiger partial charge in [-0.1, -0.05) is 48.0 Å². The van der Waals surface area contributed by atoms with E-state index in [-0.39, 0.29) is 58.0 Å². The Morgan fingerprint density at radius 3 is 2.11 bits per heavy atom. The highest BCUT2D eigenvalue weighted by Crippen LogP contribution is 2.77. The summed E-state index contributed by atoms with van der Waals surface area (Å²) in [6.07, 6.45) is 14.7. The number of fused-ring (bicyclic) bond motifs is 7. The van der Waals surface area contributed by atoms with Crippen LogP contribution in [0.1, 0.15) is 152 Å². The summed E-state index contributed by atoms with van der Waals surface area (Å²) in [5, 5.41) is 18.9. The zero-order valence-electron chi connectivity index (χ0n) is 34.3. The first-order valence-electron chi connectivity index (χ1n) is 21.3. The van der Waals surface area contributed by atoms with E-state index in [1.165, 1.54) is 51.4 Å². The van der Waals surface area contributed by atoms with E-state index in [1.54, 1.807) is 13.8 Å². The first-order valence-corrected chi connectivity index (χ1v) is 21.3. The molecule has 6 fully saturated rings. The molecule has 0 aromatic heterocycles. The Labute approximate surface area is 319 Å². The van der Waals surface area contributed by atoms with Gasteiger partial charge < -0.3 is 19.7 Å². The molecule has 53 heavy (non-hydrogen) atoms.